The van der Waals surface area contributed by atoms with Gasteiger partial charge in [0.1, 0.15) is 0 Å². The highest BCUT2D eigenvalue weighted by atomic mass is 14.6. The molecule has 2 N–H and O–H groups in total. The van der Waals surface area contributed by atoms with E-state index >= 15 is 0 Å². The molecule has 0 spiro atoms. The van der Waals surface area contributed by atoms with Crippen molar-refractivity contribution in [3.05, 3.63) is 48.0 Å². The molecule has 1 nitrogen and oxygen atoms in total. The predicted octanol–water partition coefficient (Wildman–Crippen LogP) is 3.53. The van der Waals surface area contributed by atoms with E-state index in [2.05, 4.69) is 30.8 Å². The molecular formula is C14H19N. The molecule has 1 heteroatoms. The smallest absolute Gasteiger partial charge is 0.0332 e. The summed E-state index contributed by atoms with van der Waals surface area (Å²) < 4.78 is 0. The molecule has 80 valence electrons. The molecule has 1 saturated carbocycles. The summed E-state index contributed by atoms with van der Waals surface area (Å²) in [4.78, 5) is 0. The summed E-state index contributed by atoms with van der Waals surface area (Å²) in [5.41, 5.74) is 8.94. The Morgan fingerprint density at radius 1 is 1.40 bits per heavy atom. The first-order chi connectivity index (χ1) is 7.33. The van der Waals surface area contributed by atoms with Crippen LogP contribution in [0.15, 0.2) is 36.9 Å². The van der Waals surface area contributed by atoms with Crippen LogP contribution in [0.1, 0.15) is 48.8 Å². The number of hydrogen-bond acceptors (Lipinski definition) is 1. The maximum Gasteiger partial charge on any atom is 0.0332 e. The van der Waals surface area contributed by atoms with E-state index in [9.17, 15) is 0 Å². The largest absolute Gasteiger partial charge is 0.324 e. The third-order valence-corrected chi connectivity index (χ3v) is 3.36. The molecule has 2 rings (SSSR count). The zero-order valence-corrected chi connectivity index (χ0v) is 9.15. The summed E-state index contributed by atoms with van der Waals surface area (Å²) in [7, 11) is 0. The van der Waals surface area contributed by atoms with Crippen LogP contribution in [0.5, 0.6) is 0 Å². The van der Waals surface area contributed by atoms with Crippen molar-refractivity contribution in [3.8, 4) is 0 Å². The summed E-state index contributed by atoms with van der Waals surface area (Å²) in [6, 6.07) is 8.74. The second-order valence-corrected chi connectivity index (χ2v) is 4.39. The molecule has 0 radical (unpaired) electrons. The van der Waals surface area contributed by atoms with Gasteiger partial charge < -0.3 is 5.73 Å². The van der Waals surface area contributed by atoms with Crippen molar-refractivity contribution in [1.82, 2.24) is 0 Å². The molecule has 1 aromatic carbocycles. The monoisotopic (exact) mass is 201 g/mol. The van der Waals surface area contributed by atoms with Crippen molar-refractivity contribution < 1.29 is 0 Å². The predicted molar refractivity (Wildman–Crippen MR) is 64.8 cm³/mol. The van der Waals surface area contributed by atoms with E-state index in [1.165, 1.54) is 30.4 Å². The molecule has 0 heterocycles. The first-order valence-electron chi connectivity index (χ1n) is 5.78. The molecule has 0 saturated heterocycles. The Hall–Kier alpha value is -1.08. The van der Waals surface area contributed by atoms with Crippen molar-refractivity contribution in [3.63, 3.8) is 0 Å². The average Bonchev–Trinajstić information content (AvgIpc) is 2.16. The van der Waals surface area contributed by atoms with Crippen LogP contribution in [-0.4, -0.2) is 0 Å². The van der Waals surface area contributed by atoms with Crippen LogP contribution in [0.4, 0.5) is 0 Å². The summed E-state index contributed by atoms with van der Waals surface area (Å²) in [5, 5.41) is 0. The Morgan fingerprint density at radius 2 is 2.13 bits per heavy atom. The molecule has 1 aromatic rings. The standard InChI is InChI=1S/C14H19N/c1-2-6-14(15)13-10-4-3-9-12(13)11-7-5-8-11/h2-4,9-11,14H,1,5-8,15H2. The molecular weight excluding hydrogens is 182 g/mol. The number of nitrogens with two attached hydrogens (primary N) is 1. The number of rotatable bonds is 4. The fourth-order valence-electron chi connectivity index (χ4n) is 2.25. The van der Waals surface area contributed by atoms with Gasteiger partial charge in [0.15, 0.2) is 0 Å². The van der Waals surface area contributed by atoms with Gasteiger partial charge in [-0.1, -0.05) is 36.8 Å². The molecule has 0 aliphatic heterocycles. The van der Waals surface area contributed by atoms with Gasteiger partial charge in [-0.05, 0) is 36.3 Å². The van der Waals surface area contributed by atoms with Crippen LogP contribution in [0.2, 0.25) is 0 Å². The molecule has 1 aliphatic carbocycles. The average molecular weight is 201 g/mol. The van der Waals surface area contributed by atoms with Crippen molar-refractivity contribution in [2.45, 2.75) is 37.6 Å². The Balaban J connectivity index is 2.24. The zero-order valence-electron chi connectivity index (χ0n) is 9.15. The normalized spacial score (nSPS) is 18.2. The molecule has 1 aliphatic rings. The number of hydrogen-bond donors (Lipinski definition) is 1. The van der Waals surface area contributed by atoms with Crippen LogP contribution in [0.3, 0.4) is 0 Å². The Kier molecular flexibility index (Phi) is 3.22. The van der Waals surface area contributed by atoms with Gasteiger partial charge in [0.25, 0.3) is 0 Å². The lowest BCUT2D eigenvalue weighted by molar-refractivity contribution is 0.415. The molecule has 0 aromatic heterocycles. The fourth-order valence-corrected chi connectivity index (χ4v) is 2.25. The van der Waals surface area contributed by atoms with Crippen LogP contribution in [0.25, 0.3) is 0 Å². The third kappa shape index (κ3) is 2.13. The third-order valence-electron chi connectivity index (χ3n) is 3.36. The van der Waals surface area contributed by atoms with Gasteiger partial charge >= 0.3 is 0 Å². The van der Waals surface area contributed by atoms with E-state index in [0.29, 0.717) is 0 Å². The lowest BCUT2D eigenvalue weighted by Gasteiger charge is -2.29. The minimum absolute atomic E-state index is 0.124. The summed E-state index contributed by atoms with van der Waals surface area (Å²) >= 11 is 0. The molecule has 1 fully saturated rings. The summed E-state index contributed by atoms with van der Waals surface area (Å²) in [6.45, 7) is 3.75. The maximum atomic E-state index is 6.15. The van der Waals surface area contributed by atoms with E-state index in [1.807, 2.05) is 6.08 Å². The van der Waals surface area contributed by atoms with E-state index < -0.39 is 0 Å². The van der Waals surface area contributed by atoms with Crippen molar-refractivity contribution >= 4 is 0 Å². The maximum absolute atomic E-state index is 6.15. The minimum Gasteiger partial charge on any atom is -0.324 e. The van der Waals surface area contributed by atoms with Gasteiger partial charge in [0, 0.05) is 6.04 Å². The highest BCUT2D eigenvalue weighted by Crippen LogP contribution is 2.39. The van der Waals surface area contributed by atoms with Crippen molar-refractivity contribution in [1.29, 1.82) is 0 Å². The quantitative estimate of drug-likeness (QED) is 0.741. The van der Waals surface area contributed by atoms with Crippen LogP contribution in [0, 0.1) is 0 Å². The van der Waals surface area contributed by atoms with Gasteiger partial charge in [0.2, 0.25) is 0 Å². The van der Waals surface area contributed by atoms with Gasteiger partial charge in [0.05, 0.1) is 0 Å². The van der Waals surface area contributed by atoms with Gasteiger partial charge in [-0.3, -0.25) is 0 Å². The fraction of sp³-hybridized carbons (Fsp3) is 0.429. The SMILES string of the molecule is C=CCC(N)c1ccccc1C1CCC1. The summed E-state index contributed by atoms with van der Waals surface area (Å²) in [5.74, 6) is 0.761. The topological polar surface area (TPSA) is 26.0 Å². The lowest BCUT2D eigenvalue weighted by Crippen LogP contribution is -2.16. The van der Waals surface area contributed by atoms with E-state index in [-0.39, 0.29) is 6.04 Å². The Morgan fingerprint density at radius 3 is 2.73 bits per heavy atom. The molecule has 15 heavy (non-hydrogen) atoms. The van der Waals surface area contributed by atoms with Crippen LogP contribution >= 0.6 is 0 Å². The van der Waals surface area contributed by atoms with Gasteiger partial charge in [-0.2, -0.15) is 0 Å². The van der Waals surface area contributed by atoms with Gasteiger partial charge in [-0.15, -0.1) is 6.58 Å². The second kappa shape index (κ2) is 4.63. The molecule has 1 unspecified atom stereocenters. The van der Waals surface area contributed by atoms with Crippen molar-refractivity contribution in [2.75, 3.05) is 0 Å². The second-order valence-electron chi connectivity index (χ2n) is 4.39. The minimum atomic E-state index is 0.124. The van der Waals surface area contributed by atoms with Crippen LogP contribution in [-0.2, 0) is 0 Å². The molecule has 1 atom stereocenters. The molecule has 0 amide bonds. The number of benzene rings is 1. The van der Waals surface area contributed by atoms with Crippen LogP contribution < -0.4 is 5.73 Å². The summed E-state index contributed by atoms with van der Waals surface area (Å²) in [6.07, 6.45) is 6.80. The molecule has 0 bridgehead atoms. The van der Waals surface area contributed by atoms with E-state index in [1.54, 1.807) is 0 Å². The zero-order chi connectivity index (χ0) is 10.7. The first-order valence-corrected chi connectivity index (χ1v) is 5.78. The van der Waals surface area contributed by atoms with E-state index in [0.717, 1.165) is 12.3 Å². The van der Waals surface area contributed by atoms with Crippen molar-refractivity contribution in [2.24, 2.45) is 5.73 Å². The Labute approximate surface area is 92.0 Å². The highest BCUT2D eigenvalue weighted by Gasteiger charge is 2.23. The Bertz CT molecular complexity index is 339. The highest BCUT2D eigenvalue weighted by molar-refractivity contribution is 5.34. The van der Waals surface area contributed by atoms with E-state index in [4.69, 9.17) is 5.73 Å². The van der Waals surface area contributed by atoms with Gasteiger partial charge in [-0.25, -0.2) is 0 Å². The lowest BCUT2D eigenvalue weighted by atomic mass is 9.77. The first kappa shape index (κ1) is 10.4.